The maximum Gasteiger partial charge on any atom is 0.219 e. The molecular weight excluding hydrogens is 560 g/mol. The average molecular weight is 609 g/mol. The number of rotatable bonds is 12. The number of allylic oxidation sites excluding steroid dienone is 2. The molecule has 0 unspecified atom stereocenters. The predicted molar refractivity (Wildman–Crippen MR) is 178 cm³/mol. The van der Waals surface area contributed by atoms with Gasteiger partial charge in [0.15, 0.2) is 0 Å². The van der Waals surface area contributed by atoms with E-state index < -0.39 is 0 Å². The Morgan fingerprint density at radius 3 is 2.44 bits per heavy atom. The van der Waals surface area contributed by atoms with Crippen LogP contribution in [-0.2, 0) is 11.3 Å². The predicted octanol–water partition coefficient (Wildman–Crippen LogP) is 7.82. The Morgan fingerprint density at radius 1 is 1.19 bits per heavy atom. The molecular formula is C35H49ClN4O3. The number of halogens is 1. The lowest BCUT2D eigenvalue weighted by molar-refractivity contribution is -0.130. The number of carbonyl (C=O) groups excluding carboxylic acids is 1. The highest BCUT2D eigenvalue weighted by molar-refractivity contribution is 6.30. The Kier molecular flexibility index (Phi) is 14.2. The van der Waals surface area contributed by atoms with Crippen LogP contribution in [0.15, 0.2) is 53.2 Å². The molecule has 234 valence electrons. The van der Waals surface area contributed by atoms with Crippen molar-refractivity contribution < 1.29 is 14.6 Å². The van der Waals surface area contributed by atoms with E-state index in [0.29, 0.717) is 26.1 Å². The van der Waals surface area contributed by atoms with E-state index in [0.717, 1.165) is 83.2 Å². The first-order chi connectivity index (χ1) is 20.9. The third-order valence-corrected chi connectivity index (χ3v) is 8.02. The molecule has 0 radical (unpaired) electrons. The molecule has 4 rings (SSSR count). The van der Waals surface area contributed by atoms with Crippen molar-refractivity contribution in [1.29, 1.82) is 0 Å². The summed E-state index contributed by atoms with van der Waals surface area (Å²) in [4.78, 5) is 23.6. The molecule has 1 aromatic heterocycles. The molecule has 43 heavy (non-hydrogen) atoms. The molecule has 1 amide bonds. The fourth-order valence-electron chi connectivity index (χ4n) is 5.23. The van der Waals surface area contributed by atoms with Gasteiger partial charge in [-0.2, -0.15) is 0 Å². The van der Waals surface area contributed by atoms with Crippen molar-refractivity contribution in [3.8, 4) is 5.75 Å². The summed E-state index contributed by atoms with van der Waals surface area (Å²) in [5.74, 6) is 0.857. The van der Waals surface area contributed by atoms with E-state index in [2.05, 4.69) is 12.2 Å². The van der Waals surface area contributed by atoms with Gasteiger partial charge in [0.05, 0.1) is 22.7 Å². The minimum absolute atomic E-state index is 0.00364. The highest BCUT2D eigenvalue weighted by atomic mass is 35.5. The summed E-state index contributed by atoms with van der Waals surface area (Å²) in [5.41, 5.74) is 7.04. The minimum atomic E-state index is -0.00364. The van der Waals surface area contributed by atoms with Crippen molar-refractivity contribution in [1.82, 2.24) is 15.2 Å². The van der Waals surface area contributed by atoms with Gasteiger partial charge in [-0.25, -0.2) is 0 Å². The molecule has 2 N–H and O–H groups in total. The summed E-state index contributed by atoms with van der Waals surface area (Å²) in [5, 5.41) is 14.0. The molecule has 8 heteroatoms. The number of hydrogen-bond acceptors (Lipinski definition) is 6. The highest BCUT2D eigenvalue weighted by Gasteiger charge is 2.25. The Labute approximate surface area is 263 Å². The van der Waals surface area contributed by atoms with Gasteiger partial charge in [-0.1, -0.05) is 57.0 Å². The Balaban J connectivity index is 0.00000248. The third kappa shape index (κ3) is 9.94. The number of ether oxygens (including phenoxy) is 1. The molecule has 2 aliphatic rings. The summed E-state index contributed by atoms with van der Waals surface area (Å²) < 4.78 is 6.69. The number of aliphatic hydroxyl groups excluding tert-OH is 1. The van der Waals surface area contributed by atoms with E-state index in [1.165, 1.54) is 12.0 Å². The van der Waals surface area contributed by atoms with E-state index in [9.17, 15) is 9.90 Å². The molecule has 1 aliphatic carbocycles. The van der Waals surface area contributed by atoms with Crippen LogP contribution in [0.4, 0.5) is 0 Å². The molecule has 0 spiro atoms. The standard InChI is InChI=1S/C33H43ClN4O3.C2H6/c1-4-7-27(16-19-39)37-30(5-2)29-22-35-31(20-32(29)41-28-14-17-38(18-15-28)23(3)40)33(25-8-6-9-25)36-21-24-10-12-26(34)13-11-24;1-2/h5,10-13,20,22,28,36,39H,4,6-9,14-19,21H2,1-3H3;1-2H3/b30-5-,37-27?;. The lowest BCUT2D eigenvalue weighted by Crippen LogP contribution is -2.40. The van der Waals surface area contributed by atoms with Crippen molar-refractivity contribution >= 4 is 34.6 Å². The zero-order valence-electron chi connectivity index (χ0n) is 26.6. The topological polar surface area (TPSA) is 87.1 Å². The number of nitrogens with one attached hydrogen (secondary N) is 1. The number of aliphatic imine (C=N–C) groups is 1. The van der Waals surface area contributed by atoms with Crippen LogP contribution < -0.4 is 10.1 Å². The zero-order chi connectivity index (χ0) is 31.2. The van der Waals surface area contributed by atoms with Crippen molar-refractivity contribution in [2.75, 3.05) is 19.7 Å². The lowest BCUT2D eigenvalue weighted by Gasteiger charge is -2.32. The molecule has 0 atom stereocenters. The highest BCUT2D eigenvalue weighted by Crippen LogP contribution is 2.36. The minimum Gasteiger partial charge on any atom is -0.489 e. The third-order valence-electron chi connectivity index (χ3n) is 7.76. The molecule has 1 aromatic carbocycles. The van der Waals surface area contributed by atoms with E-state index in [-0.39, 0.29) is 18.6 Å². The van der Waals surface area contributed by atoms with E-state index in [1.807, 2.05) is 68.3 Å². The molecule has 2 heterocycles. The Morgan fingerprint density at radius 2 is 1.88 bits per heavy atom. The monoisotopic (exact) mass is 608 g/mol. The van der Waals surface area contributed by atoms with Gasteiger partial charge in [-0.05, 0) is 55.9 Å². The number of aromatic nitrogens is 1. The number of likely N-dealkylation sites (tertiary alicyclic amines) is 1. The fourth-order valence-corrected chi connectivity index (χ4v) is 5.36. The van der Waals surface area contributed by atoms with Crippen molar-refractivity contribution in [2.45, 2.75) is 98.6 Å². The van der Waals surface area contributed by atoms with Crippen LogP contribution in [0, 0.1) is 0 Å². The summed E-state index contributed by atoms with van der Waals surface area (Å²) in [6, 6.07) is 9.94. The van der Waals surface area contributed by atoms with Gasteiger partial charge < -0.3 is 20.1 Å². The number of carbonyl (C=O) groups is 1. The molecule has 1 saturated heterocycles. The van der Waals surface area contributed by atoms with Gasteiger partial charge in [-0.15, -0.1) is 0 Å². The largest absolute Gasteiger partial charge is 0.489 e. The number of aliphatic hydroxyl groups is 1. The van der Waals surface area contributed by atoms with Gasteiger partial charge in [0.1, 0.15) is 11.9 Å². The van der Waals surface area contributed by atoms with Crippen molar-refractivity contribution in [2.24, 2.45) is 4.99 Å². The van der Waals surface area contributed by atoms with Crippen LogP contribution in [0.2, 0.25) is 5.02 Å². The Hall–Kier alpha value is -3.16. The van der Waals surface area contributed by atoms with Crippen LogP contribution in [0.1, 0.15) is 103 Å². The molecule has 1 saturated carbocycles. The fraction of sp³-hybridized carbons (Fsp3) is 0.514. The second-order valence-electron chi connectivity index (χ2n) is 10.8. The van der Waals surface area contributed by atoms with E-state index in [4.69, 9.17) is 26.3 Å². The van der Waals surface area contributed by atoms with Crippen LogP contribution in [-0.4, -0.2) is 52.4 Å². The molecule has 1 aliphatic heterocycles. The summed E-state index contributed by atoms with van der Waals surface area (Å²) >= 11 is 6.09. The number of benzene rings is 1. The van der Waals surface area contributed by atoms with Crippen molar-refractivity contribution in [3.05, 3.63) is 70.0 Å². The van der Waals surface area contributed by atoms with Crippen LogP contribution in [0.5, 0.6) is 5.75 Å². The van der Waals surface area contributed by atoms with Gasteiger partial charge >= 0.3 is 0 Å². The first-order valence-electron chi connectivity index (χ1n) is 15.9. The summed E-state index contributed by atoms with van der Waals surface area (Å²) in [7, 11) is 0. The number of hydrogen-bond donors (Lipinski definition) is 2. The summed E-state index contributed by atoms with van der Waals surface area (Å²) in [6.45, 7) is 11.8. The lowest BCUT2D eigenvalue weighted by atomic mass is 9.89. The smallest absolute Gasteiger partial charge is 0.219 e. The molecule has 7 nitrogen and oxygen atoms in total. The SMILES string of the molecule is C/C=C(\N=C(CCC)CCO)c1cnc(C(NCc2ccc(Cl)cc2)=C2CCC2)cc1OC1CCN(C(C)=O)CC1.CC. The Bertz CT molecular complexity index is 1260. The zero-order valence-corrected chi connectivity index (χ0v) is 27.3. The van der Waals surface area contributed by atoms with E-state index >= 15 is 0 Å². The molecule has 2 fully saturated rings. The van der Waals surface area contributed by atoms with Crippen LogP contribution in [0.25, 0.3) is 11.4 Å². The van der Waals surface area contributed by atoms with Crippen LogP contribution >= 0.6 is 11.6 Å². The van der Waals surface area contributed by atoms with Crippen LogP contribution in [0.3, 0.4) is 0 Å². The van der Waals surface area contributed by atoms with Gasteiger partial charge in [0.25, 0.3) is 0 Å². The number of nitrogens with zero attached hydrogens (tertiary/aromatic N) is 3. The second kappa shape index (κ2) is 17.8. The average Bonchev–Trinajstić information content (AvgIpc) is 2.99. The van der Waals surface area contributed by atoms with Gasteiger partial charge in [0.2, 0.25) is 5.91 Å². The number of piperidine rings is 1. The van der Waals surface area contributed by atoms with Crippen molar-refractivity contribution in [3.63, 3.8) is 0 Å². The van der Waals surface area contributed by atoms with Gasteiger partial charge in [0, 0.05) is 75.4 Å². The first kappa shape index (κ1) is 34.3. The van der Waals surface area contributed by atoms with E-state index in [1.54, 1.807) is 6.92 Å². The molecule has 2 aromatic rings. The molecule has 0 bridgehead atoms. The maximum atomic E-state index is 11.9. The normalized spacial score (nSPS) is 15.8. The number of pyridine rings is 1. The first-order valence-corrected chi connectivity index (χ1v) is 16.3. The number of amides is 1. The summed E-state index contributed by atoms with van der Waals surface area (Å²) in [6.07, 6.45) is 11.0. The van der Waals surface area contributed by atoms with Gasteiger partial charge in [-0.3, -0.25) is 14.8 Å². The second-order valence-corrected chi connectivity index (χ2v) is 11.2. The quantitative estimate of drug-likeness (QED) is 0.240. The maximum absolute atomic E-state index is 11.9.